The molecule has 0 fully saturated rings. The Labute approximate surface area is 126 Å². The van der Waals surface area contributed by atoms with E-state index in [1.54, 1.807) is 29.4 Å². The fraction of sp³-hybridized carbons (Fsp3) is 0.462. The van der Waals surface area contributed by atoms with Gasteiger partial charge in [0.2, 0.25) is 5.91 Å². The van der Waals surface area contributed by atoms with E-state index in [9.17, 15) is 4.79 Å². The van der Waals surface area contributed by atoms with E-state index in [0.29, 0.717) is 25.3 Å². The van der Waals surface area contributed by atoms with Crippen molar-refractivity contribution < 1.29 is 4.79 Å². The minimum absolute atomic E-state index is 0.0338. The molecule has 0 spiro atoms. The maximum atomic E-state index is 11.5. The number of nitrogens with one attached hydrogen (secondary N) is 1. The molecule has 2 rings (SSSR count). The lowest BCUT2D eigenvalue weighted by atomic mass is 10.2. The van der Waals surface area contributed by atoms with Gasteiger partial charge in [0.15, 0.2) is 0 Å². The Balaban J connectivity index is 2.01. The predicted molar refractivity (Wildman–Crippen MR) is 84.3 cm³/mol. The van der Waals surface area contributed by atoms with Gasteiger partial charge in [0, 0.05) is 35.5 Å². The van der Waals surface area contributed by atoms with Crippen LogP contribution in [0.3, 0.4) is 0 Å². The molecule has 0 bridgehead atoms. The summed E-state index contributed by atoms with van der Waals surface area (Å²) in [7, 11) is 0. The van der Waals surface area contributed by atoms with Gasteiger partial charge in [-0.15, -0.1) is 23.1 Å². The molecule has 0 saturated carbocycles. The number of thioether (sulfide) groups is 1. The largest absolute Gasteiger partial charge is 0.355 e. The molecule has 2 aromatic rings. The molecule has 0 unspecified atom stereocenters. The van der Waals surface area contributed by atoms with Crippen LogP contribution in [0.15, 0.2) is 11.4 Å². The smallest absolute Gasteiger partial charge is 0.220 e. The summed E-state index contributed by atoms with van der Waals surface area (Å²) in [6.45, 7) is 5.19. The van der Waals surface area contributed by atoms with E-state index < -0.39 is 0 Å². The quantitative estimate of drug-likeness (QED) is 0.629. The Bertz CT molecular complexity index is 612. The first-order valence-corrected chi connectivity index (χ1v) is 8.24. The number of hydrogen-bond acceptors (Lipinski definition) is 6. The number of aromatic nitrogens is 2. The summed E-state index contributed by atoms with van der Waals surface area (Å²) < 4.78 is 0. The molecule has 2 heterocycles. The zero-order valence-corrected chi connectivity index (χ0v) is 13.2. The number of nitrogens with zero attached hydrogens (tertiary/aromatic N) is 2. The van der Waals surface area contributed by atoms with Crippen LogP contribution in [-0.4, -0.2) is 34.7 Å². The lowest BCUT2D eigenvalue weighted by Crippen LogP contribution is -2.29. The van der Waals surface area contributed by atoms with Gasteiger partial charge in [-0.05, 0) is 19.4 Å². The van der Waals surface area contributed by atoms with E-state index in [2.05, 4.69) is 29.1 Å². The summed E-state index contributed by atoms with van der Waals surface area (Å²) in [5, 5.41) is 4.85. The monoisotopic (exact) mass is 310 g/mol. The number of fused-ring (bicyclic) bond motifs is 1. The summed E-state index contributed by atoms with van der Waals surface area (Å²) >= 11 is 3.29. The summed E-state index contributed by atoms with van der Waals surface area (Å²) in [5.41, 5.74) is 6.58. The molecular weight excluding hydrogens is 292 g/mol. The second kappa shape index (κ2) is 7.01. The number of hydrogen-bond donors (Lipinski definition) is 2. The van der Waals surface area contributed by atoms with Gasteiger partial charge in [0.25, 0.3) is 0 Å². The Morgan fingerprint density at radius 3 is 3.00 bits per heavy atom. The van der Waals surface area contributed by atoms with E-state index in [-0.39, 0.29) is 5.91 Å². The van der Waals surface area contributed by atoms with Crippen molar-refractivity contribution in [3.05, 3.63) is 16.8 Å². The van der Waals surface area contributed by atoms with Crippen LogP contribution in [-0.2, 0) is 4.79 Å². The molecule has 3 N–H and O–H groups in total. The predicted octanol–water partition coefficient (Wildman–Crippen LogP) is 1.87. The van der Waals surface area contributed by atoms with E-state index >= 15 is 0 Å². The van der Waals surface area contributed by atoms with E-state index in [1.807, 2.05) is 0 Å². The minimum Gasteiger partial charge on any atom is -0.355 e. The SMILES string of the molecule is Cc1sc2ncnc(SCCC(=O)NCCN)c2c1C. The first kappa shape index (κ1) is 15.2. The highest BCUT2D eigenvalue weighted by Crippen LogP contribution is 2.34. The van der Waals surface area contributed by atoms with Crippen molar-refractivity contribution in [1.82, 2.24) is 15.3 Å². The van der Waals surface area contributed by atoms with E-state index in [1.165, 1.54) is 10.4 Å². The van der Waals surface area contributed by atoms with Gasteiger partial charge in [0.05, 0.1) is 0 Å². The molecule has 0 aliphatic rings. The molecule has 0 aromatic carbocycles. The molecule has 5 nitrogen and oxygen atoms in total. The Hall–Kier alpha value is -1.18. The molecule has 0 aliphatic carbocycles. The zero-order chi connectivity index (χ0) is 14.5. The topological polar surface area (TPSA) is 80.9 Å². The Morgan fingerprint density at radius 2 is 2.25 bits per heavy atom. The standard InChI is InChI=1S/C13H18N4OS2/c1-8-9(2)20-13-11(8)12(16-7-17-13)19-6-3-10(18)15-5-4-14/h7H,3-6,14H2,1-2H3,(H,15,18). The lowest BCUT2D eigenvalue weighted by Gasteiger charge is -2.04. The van der Waals surface area contributed by atoms with Crippen molar-refractivity contribution in [3.8, 4) is 0 Å². The van der Waals surface area contributed by atoms with E-state index in [4.69, 9.17) is 5.73 Å². The summed E-state index contributed by atoms with van der Waals surface area (Å²) in [6.07, 6.45) is 2.06. The number of thiophene rings is 1. The Kier molecular flexibility index (Phi) is 5.33. The van der Waals surface area contributed by atoms with Gasteiger partial charge in [-0.3, -0.25) is 4.79 Å². The third kappa shape index (κ3) is 3.47. The number of aryl methyl sites for hydroxylation is 2. The third-order valence-corrected chi connectivity index (χ3v) is 5.07. The zero-order valence-electron chi connectivity index (χ0n) is 11.6. The first-order valence-electron chi connectivity index (χ1n) is 6.43. The van der Waals surface area contributed by atoms with Crippen molar-refractivity contribution in [3.63, 3.8) is 0 Å². The summed E-state index contributed by atoms with van der Waals surface area (Å²) in [5.74, 6) is 0.739. The fourth-order valence-electron chi connectivity index (χ4n) is 1.80. The van der Waals surface area contributed by atoms with Crippen molar-refractivity contribution in [2.75, 3.05) is 18.8 Å². The highest BCUT2D eigenvalue weighted by atomic mass is 32.2. The highest BCUT2D eigenvalue weighted by molar-refractivity contribution is 7.99. The van der Waals surface area contributed by atoms with Crippen LogP contribution in [0.1, 0.15) is 16.9 Å². The van der Waals surface area contributed by atoms with Crippen LogP contribution in [0.4, 0.5) is 0 Å². The summed E-state index contributed by atoms with van der Waals surface area (Å²) in [6, 6.07) is 0. The van der Waals surface area contributed by atoms with Crippen LogP contribution in [0.2, 0.25) is 0 Å². The van der Waals surface area contributed by atoms with Crippen molar-refractivity contribution in [2.45, 2.75) is 25.3 Å². The average molecular weight is 310 g/mol. The van der Waals surface area contributed by atoms with Crippen molar-refractivity contribution >= 4 is 39.2 Å². The number of carbonyl (C=O) groups is 1. The molecular formula is C13H18N4OS2. The van der Waals surface area contributed by atoms with Crippen molar-refractivity contribution in [2.24, 2.45) is 5.73 Å². The van der Waals surface area contributed by atoms with Crippen LogP contribution in [0.5, 0.6) is 0 Å². The Morgan fingerprint density at radius 1 is 1.45 bits per heavy atom. The van der Waals surface area contributed by atoms with Gasteiger partial charge in [-0.1, -0.05) is 0 Å². The molecule has 1 amide bonds. The molecule has 0 saturated heterocycles. The van der Waals surface area contributed by atoms with E-state index in [0.717, 1.165) is 15.2 Å². The first-order chi connectivity index (χ1) is 9.63. The van der Waals surface area contributed by atoms with Gasteiger partial charge >= 0.3 is 0 Å². The highest BCUT2D eigenvalue weighted by Gasteiger charge is 2.12. The molecule has 2 aromatic heterocycles. The molecule has 0 atom stereocenters. The number of nitrogens with two attached hydrogens (primary N) is 1. The molecule has 7 heteroatoms. The van der Waals surface area contributed by atoms with Crippen LogP contribution < -0.4 is 11.1 Å². The molecule has 0 aliphatic heterocycles. The van der Waals surface area contributed by atoms with Gasteiger partial charge in [-0.2, -0.15) is 0 Å². The average Bonchev–Trinajstić information content (AvgIpc) is 2.73. The number of amides is 1. The van der Waals surface area contributed by atoms with Gasteiger partial charge < -0.3 is 11.1 Å². The maximum Gasteiger partial charge on any atom is 0.220 e. The number of carbonyl (C=O) groups excluding carboxylic acids is 1. The molecule has 20 heavy (non-hydrogen) atoms. The normalized spacial score (nSPS) is 10.9. The minimum atomic E-state index is 0.0338. The second-order valence-electron chi connectivity index (χ2n) is 4.38. The van der Waals surface area contributed by atoms with Gasteiger partial charge in [0.1, 0.15) is 16.2 Å². The summed E-state index contributed by atoms with van der Waals surface area (Å²) in [4.78, 5) is 22.5. The van der Waals surface area contributed by atoms with Crippen LogP contribution in [0, 0.1) is 13.8 Å². The van der Waals surface area contributed by atoms with Crippen LogP contribution in [0.25, 0.3) is 10.2 Å². The molecule has 108 valence electrons. The second-order valence-corrected chi connectivity index (χ2v) is 6.67. The van der Waals surface area contributed by atoms with Crippen molar-refractivity contribution in [1.29, 1.82) is 0 Å². The third-order valence-electron chi connectivity index (χ3n) is 2.96. The fourth-order valence-corrected chi connectivity index (χ4v) is 3.86. The number of rotatable bonds is 6. The van der Waals surface area contributed by atoms with Crippen LogP contribution >= 0.6 is 23.1 Å². The van der Waals surface area contributed by atoms with Gasteiger partial charge in [-0.25, -0.2) is 9.97 Å². The maximum absolute atomic E-state index is 11.5. The molecule has 0 radical (unpaired) electrons. The lowest BCUT2D eigenvalue weighted by molar-refractivity contribution is -0.120.